The van der Waals surface area contributed by atoms with Crippen LogP contribution in [0.25, 0.3) is 52.5 Å². The van der Waals surface area contributed by atoms with Gasteiger partial charge in [-0.25, -0.2) is 0 Å². The summed E-state index contributed by atoms with van der Waals surface area (Å²) in [6, 6.07) is 47.9. The SMILES string of the molecule is Cc1cc(C)c(-c2cc3c4c(c2)N(c2cc5c(cc2C)C(C)(C)CCC5(C)C)c2sc5ccccc5c2B4N(c2ccc(C(C)(C)C)cc2)c2cc4sc5ccccc5c4cc2-3)c(C)c1. The first kappa shape index (κ1) is 40.9. The standard InChI is InChI=1S/C60H57BN2S2/c1-34-26-36(3)54(37(4)27-34)38-29-45-43-31-44-41-16-12-14-18-51(41)64-53(44)33-49(43)63(40-22-20-39(21-23-40)58(5,6)7)61-55(45)50(30-38)62(57-56(61)42-17-13-15-19-52(42)65-57)48-32-47-46(28-35(48)2)59(8,9)24-25-60(47,10)11/h12-23,26-33H,24-25H2,1-11H3. The lowest BCUT2D eigenvalue weighted by Crippen LogP contribution is -2.61. The molecule has 7 aromatic carbocycles. The van der Waals surface area contributed by atoms with Crippen molar-refractivity contribution in [1.29, 1.82) is 0 Å². The van der Waals surface area contributed by atoms with Crippen molar-refractivity contribution in [2.45, 2.75) is 105 Å². The van der Waals surface area contributed by atoms with E-state index in [9.17, 15) is 0 Å². The van der Waals surface area contributed by atoms with Gasteiger partial charge >= 0.3 is 6.85 Å². The van der Waals surface area contributed by atoms with Crippen molar-refractivity contribution in [3.8, 4) is 22.3 Å². The van der Waals surface area contributed by atoms with Crippen LogP contribution >= 0.6 is 22.7 Å². The Morgan fingerprint density at radius 3 is 1.85 bits per heavy atom. The summed E-state index contributed by atoms with van der Waals surface area (Å²) in [5.74, 6) is 0. The lowest BCUT2D eigenvalue weighted by Gasteiger charge is -2.46. The number of hydrogen-bond acceptors (Lipinski definition) is 4. The fourth-order valence-corrected chi connectivity index (χ4v) is 14.4. The van der Waals surface area contributed by atoms with Gasteiger partial charge in [0, 0.05) is 47.5 Å². The lowest BCUT2D eigenvalue weighted by molar-refractivity contribution is 0.332. The van der Waals surface area contributed by atoms with Crippen molar-refractivity contribution in [1.82, 2.24) is 0 Å². The minimum atomic E-state index is -0.0650. The molecule has 5 heteroatoms. The van der Waals surface area contributed by atoms with Crippen LogP contribution in [0.5, 0.6) is 0 Å². The first-order chi connectivity index (χ1) is 31.0. The molecular formula is C60H57BN2S2. The fourth-order valence-electron chi connectivity index (χ4n) is 12.0. The van der Waals surface area contributed by atoms with E-state index < -0.39 is 0 Å². The summed E-state index contributed by atoms with van der Waals surface area (Å²) in [5.41, 5.74) is 23.0. The summed E-state index contributed by atoms with van der Waals surface area (Å²) in [7, 11) is 0. The van der Waals surface area contributed by atoms with Gasteiger partial charge in [0.05, 0.1) is 10.7 Å². The lowest BCUT2D eigenvalue weighted by atomic mass is 9.43. The van der Waals surface area contributed by atoms with Gasteiger partial charge in [-0.3, -0.25) is 0 Å². The smallest absolute Gasteiger partial charge is 0.334 e. The van der Waals surface area contributed by atoms with E-state index in [-0.39, 0.29) is 23.1 Å². The maximum absolute atomic E-state index is 2.72. The highest BCUT2D eigenvalue weighted by molar-refractivity contribution is 7.26. The molecule has 0 spiro atoms. The van der Waals surface area contributed by atoms with E-state index in [0.29, 0.717) is 0 Å². The van der Waals surface area contributed by atoms with Gasteiger partial charge in [0.2, 0.25) is 0 Å². The summed E-state index contributed by atoms with van der Waals surface area (Å²) in [5, 5.41) is 5.32. The summed E-state index contributed by atoms with van der Waals surface area (Å²) < 4.78 is 3.99. The molecular weight excluding hydrogens is 824 g/mol. The maximum atomic E-state index is 2.72. The Bertz CT molecular complexity index is 3460. The molecule has 2 nitrogen and oxygen atoms in total. The Kier molecular flexibility index (Phi) is 8.77. The van der Waals surface area contributed by atoms with Crippen LogP contribution in [0.2, 0.25) is 0 Å². The molecule has 0 saturated carbocycles. The van der Waals surface area contributed by atoms with Crippen LogP contribution in [0.4, 0.5) is 27.8 Å². The van der Waals surface area contributed by atoms with Crippen molar-refractivity contribution in [2.24, 2.45) is 0 Å². The van der Waals surface area contributed by atoms with E-state index >= 15 is 0 Å². The number of rotatable bonds is 3. The Balaban J connectivity index is 1.25. The Labute approximate surface area is 393 Å². The number of anilines is 5. The van der Waals surface area contributed by atoms with E-state index in [1.165, 1.54) is 143 Å². The molecule has 4 heterocycles. The summed E-state index contributed by atoms with van der Waals surface area (Å²) in [6.45, 7) is 25.9. The largest absolute Gasteiger partial charge is 0.376 e. The summed E-state index contributed by atoms with van der Waals surface area (Å²) in [6.07, 6.45) is 2.37. The predicted octanol–water partition coefficient (Wildman–Crippen LogP) is 16.5. The first-order valence-electron chi connectivity index (χ1n) is 23.6. The zero-order valence-electron chi connectivity index (χ0n) is 39.7. The van der Waals surface area contributed by atoms with Crippen molar-refractivity contribution < 1.29 is 0 Å². The van der Waals surface area contributed by atoms with Crippen LogP contribution in [-0.2, 0) is 16.2 Å². The van der Waals surface area contributed by atoms with E-state index in [1.807, 2.05) is 22.7 Å². The van der Waals surface area contributed by atoms with Gasteiger partial charge in [-0.05, 0) is 178 Å². The number of fused-ring (bicyclic) bond motifs is 10. The molecule has 3 aliphatic rings. The molecule has 9 aromatic rings. The highest BCUT2D eigenvalue weighted by atomic mass is 32.1. The minimum absolute atomic E-state index is 0.0442. The topological polar surface area (TPSA) is 6.48 Å². The molecule has 0 N–H and O–H groups in total. The van der Waals surface area contributed by atoms with Gasteiger partial charge in [-0.15, -0.1) is 22.7 Å². The van der Waals surface area contributed by atoms with E-state index in [0.717, 1.165) is 0 Å². The van der Waals surface area contributed by atoms with Gasteiger partial charge in [-0.2, -0.15) is 0 Å². The van der Waals surface area contributed by atoms with Gasteiger partial charge in [0.15, 0.2) is 0 Å². The maximum Gasteiger partial charge on any atom is 0.334 e. The molecule has 0 unspecified atom stereocenters. The molecule has 65 heavy (non-hydrogen) atoms. The Hall–Kier alpha value is -5.62. The molecule has 322 valence electrons. The van der Waals surface area contributed by atoms with Crippen molar-refractivity contribution in [3.05, 3.63) is 160 Å². The summed E-state index contributed by atoms with van der Waals surface area (Å²) in [4.78, 5) is 5.44. The van der Waals surface area contributed by atoms with Crippen LogP contribution in [-0.4, -0.2) is 6.85 Å². The third kappa shape index (κ3) is 6.03. The van der Waals surface area contributed by atoms with Gasteiger partial charge in [-0.1, -0.05) is 121 Å². The third-order valence-corrected chi connectivity index (χ3v) is 17.8. The fraction of sp³-hybridized carbons (Fsp3) is 0.267. The van der Waals surface area contributed by atoms with Crippen molar-refractivity contribution in [2.75, 3.05) is 9.71 Å². The highest BCUT2D eigenvalue weighted by Gasteiger charge is 2.48. The van der Waals surface area contributed by atoms with Gasteiger partial charge in [0.1, 0.15) is 0 Å². The molecule has 0 fully saturated rings. The predicted molar refractivity (Wildman–Crippen MR) is 287 cm³/mol. The highest BCUT2D eigenvalue weighted by Crippen LogP contribution is 2.55. The normalized spacial score (nSPS) is 16.0. The third-order valence-electron chi connectivity index (χ3n) is 15.5. The molecule has 0 bridgehead atoms. The molecule has 0 saturated heterocycles. The number of hydrogen-bond donors (Lipinski definition) is 0. The first-order valence-corrected chi connectivity index (χ1v) is 25.2. The molecule has 2 aliphatic heterocycles. The number of aryl methyl sites for hydroxylation is 4. The molecule has 2 aromatic heterocycles. The second kappa shape index (κ2) is 14.0. The minimum Gasteiger partial charge on any atom is -0.376 e. The average molecular weight is 881 g/mol. The molecule has 0 atom stereocenters. The van der Waals surface area contributed by atoms with Gasteiger partial charge in [0.25, 0.3) is 0 Å². The van der Waals surface area contributed by atoms with Crippen LogP contribution in [0.3, 0.4) is 0 Å². The van der Waals surface area contributed by atoms with Crippen molar-refractivity contribution in [3.63, 3.8) is 0 Å². The van der Waals surface area contributed by atoms with E-state index in [1.54, 1.807) is 0 Å². The van der Waals surface area contributed by atoms with E-state index in [4.69, 9.17) is 0 Å². The average Bonchev–Trinajstić information content (AvgIpc) is 3.82. The van der Waals surface area contributed by atoms with Crippen LogP contribution in [0, 0.1) is 27.7 Å². The van der Waals surface area contributed by atoms with Crippen LogP contribution < -0.4 is 20.6 Å². The van der Waals surface area contributed by atoms with E-state index in [2.05, 4.69) is 207 Å². The zero-order valence-corrected chi connectivity index (χ0v) is 41.4. The second-order valence-corrected chi connectivity index (χ2v) is 24.0. The zero-order chi connectivity index (χ0) is 45.1. The number of thiophene rings is 2. The van der Waals surface area contributed by atoms with Crippen LogP contribution in [0.1, 0.15) is 100 Å². The molecule has 12 rings (SSSR count). The van der Waals surface area contributed by atoms with Crippen molar-refractivity contribution >= 4 is 98.5 Å². The monoisotopic (exact) mass is 880 g/mol. The molecule has 1 aliphatic carbocycles. The second-order valence-electron chi connectivity index (χ2n) is 21.9. The summed E-state index contributed by atoms with van der Waals surface area (Å²) >= 11 is 3.88. The molecule has 0 radical (unpaired) electrons. The molecule has 0 amide bonds. The number of benzene rings is 7. The quantitative estimate of drug-likeness (QED) is 0.163. The van der Waals surface area contributed by atoms with Crippen LogP contribution in [0.15, 0.2) is 121 Å². The Morgan fingerprint density at radius 1 is 0.538 bits per heavy atom. The Morgan fingerprint density at radius 2 is 1.17 bits per heavy atom. The number of nitrogens with zero attached hydrogens (tertiary/aromatic N) is 2. The van der Waals surface area contributed by atoms with Gasteiger partial charge < -0.3 is 9.71 Å².